The van der Waals surface area contributed by atoms with Gasteiger partial charge in [-0.05, 0) is 69.7 Å². The first-order chi connectivity index (χ1) is 14.2. The van der Waals surface area contributed by atoms with E-state index in [4.69, 9.17) is 10.00 Å². The Morgan fingerprint density at radius 1 is 1.21 bits per heavy atom. The molecule has 2 aliphatic rings. The smallest absolute Gasteiger partial charge is 0.246 e. The van der Waals surface area contributed by atoms with Gasteiger partial charge in [0.2, 0.25) is 5.91 Å². The first-order valence-corrected chi connectivity index (χ1v) is 11.0. The third kappa shape index (κ3) is 6.73. The molecule has 1 aromatic rings. The van der Waals surface area contributed by atoms with Gasteiger partial charge in [-0.1, -0.05) is 6.07 Å². The van der Waals surface area contributed by atoms with Gasteiger partial charge in [0, 0.05) is 44.5 Å². The zero-order chi connectivity index (χ0) is 20.5. The normalized spacial score (nSPS) is 22.8. The number of benzene rings is 1. The molecule has 1 saturated carbocycles. The lowest BCUT2D eigenvalue weighted by Gasteiger charge is -2.37. The van der Waals surface area contributed by atoms with Gasteiger partial charge in [0.15, 0.2) is 0 Å². The number of hydrogen-bond donors (Lipinski definition) is 1. The maximum Gasteiger partial charge on any atom is 0.246 e. The van der Waals surface area contributed by atoms with Crippen LogP contribution in [0.5, 0.6) is 0 Å². The first-order valence-electron chi connectivity index (χ1n) is 11.0. The minimum Gasteiger partial charge on any atom is -0.372 e. The zero-order valence-electron chi connectivity index (χ0n) is 17.6. The van der Waals surface area contributed by atoms with Crippen molar-refractivity contribution in [2.75, 3.05) is 50.8 Å². The molecule has 6 heteroatoms. The number of piperazine rings is 1. The van der Waals surface area contributed by atoms with Crippen LogP contribution < -0.4 is 10.2 Å². The molecule has 1 amide bonds. The van der Waals surface area contributed by atoms with Crippen molar-refractivity contribution in [1.29, 1.82) is 5.26 Å². The molecule has 1 aliphatic carbocycles. The number of nitrogens with zero attached hydrogens (tertiary/aromatic N) is 3. The molecule has 2 fully saturated rings. The van der Waals surface area contributed by atoms with Crippen molar-refractivity contribution in [3.8, 4) is 6.07 Å². The highest BCUT2D eigenvalue weighted by molar-refractivity contribution is 5.77. The Morgan fingerprint density at radius 3 is 2.66 bits per heavy atom. The largest absolute Gasteiger partial charge is 0.372 e. The summed E-state index contributed by atoms with van der Waals surface area (Å²) in [6, 6.07) is 10.5. The van der Waals surface area contributed by atoms with Gasteiger partial charge in [-0.25, -0.2) is 0 Å². The van der Waals surface area contributed by atoms with E-state index in [1.807, 2.05) is 25.1 Å². The van der Waals surface area contributed by atoms with Gasteiger partial charge in [0.25, 0.3) is 0 Å². The average molecular weight is 399 g/mol. The molecule has 0 atom stereocenters. The lowest BCUT2D eigenvalue weighted by molar-refractivity contribution is -0.126. The monoisotopic (exact) mass is 398 g/mol. The van der Waals surface area contributed by atoms with Crippen LogP contribution in [0.1, 0.15) is 44.6 Å². The second-order valence-electron chi connectivity index (χ2n) is 8.20. The second-order valence-corrected chi connectivity index (χ2v) is 8.20. The van der Waals surface area contributed by atoms with Crippen molar-refractivity contribution in [1.82, 2.24) is 10.2 Å². The van der Waals surface area contributed by atoms with Crippen molar-refractivity contribution >= 4 is 11.6 Å². The summed E-state index contributed by atoms with van der Waals surface area (Å²) in [4.78, 5) is 16.7. The fraction of sp³-hybridized carbons (Fsp3) is 0.652. The van der Waals surface area contributed by atoms with E-state index in [0.29, 0.717) is 12.6 Å². The molecule has 1 aliphatic heterocycles. The number of ether oxygens (including phenoxy) is 1. The summed E-state index contributed by atoms with van der Waals surface area (Å²) < 4.78 is 5.18. The Balaban J connectivity index is 1.32. The van der Waals surface area contributed by atoms with Crippen molar-refractivity contribution in [2.24, 2.45) is 5.92 Å². The van der Waals surface area contributed by atoms with Crippen molar-refractivity contribution in [3.05, 3.63) is 29.8 Å². The second kappa shape index (κ2) is 11.2. The molecule has 29 heavy (non-hydrogen) atoms. The van der Waals surface area contributed by atoms with Crippen LogP contribution in [0.4, 0.5) is 5.69 Å². The van der Waals surface area contributed by atoms with Gasteiger partial charge in [-0.2, -0.15) is 5.26 Å². The lowest BCUT2D eigenvalue weighted by atomic mass is 9.84. The number of carbonyl (C=O) groups is 1. The highest BCUT2D eigenvalue weighted by Gasteiger charge is 2.24. The van der Waals surface area contributed by atoms with E-state index < -0.39 is 0 Å². The molecule has 1 aromatic carbocycles. The highest BCUT2D eigenvalue weighted by atomic mass is 16.5. The number of carbonyl (C=O) groups excluding carboxylic acids is 1. The van der Waals surface area contributed by atoms with Gasteiger partial charge < -0.3 is 15.0 Å². The summed E-state index contributed by atoms with van der Waals surface area (Å²) in [5.41, 5.74) is 1.89. The van der Waals surface area contributed by atoms with Crippen molar-refractivity contribution in [3.63, 3.8) is 0 Å². The standard InChI is InChI=1S/C23H34N4O2/c1-2-29-18-23(28)25-21-8-6-19(7-9-21)10-11-26-12-14-27(15-13-26)22-5-3-4-20(16-22)17-24/h3-5,16,19,21H,2,6-15,18H2,1H3,(H,25,28). The molecule has 0 spiro atoms. The van der Waals surface area contributed by atoms with E-state index in [1.165, 1.54) is 19.3 Å². The minimum atomic E-state index is 0.0217. The molecular formula is C23H34N4O2. The molecule has 0 bridgehead atoms. The number of nitriles is 1. The summed E-state index contributed by atoms with van der Waals surface area (Å²) in [5.74, 6) is 0.800. The summed E-state index contributed by atoms with van der Waals surface area (Å²) >= 11 is 0. The first kappa shape index (κ1) is 21.6. The van der Waals surface area contributed by atoms with E-state index >= 15 is 0 Å². The molecule has 3 rings (SSSR count). The number of hydrogen-bond acceptors (Lipinski definition) is 5. The summed E-state index contributed by atoms with van der Waals surface area (Å²) in [5, 5.41) is 12.2. The van der Waals surface area contributed by atoms with Crippen LogP contribution in [0.25, 0.3) is 0 Å². The molecule has 158 valence electrons. The molecule has 0 aromatic heterocycles. The number of nitrogens with one attached hydrogen (secondary N) is 1. The van der Waals surface area contributed by atoms with Gasteiger partial charge >= 0.3 is 0 Å². The average Bonchev–Trinajstić information content (AvgIpc) is 2.77. The molecule has 6 nitrogen and oxygen atoms in total. The summed E-state index contributed by atoms with van der Waals surface area (Å²) in [6.07, 6.45) is 5.85. The van der Waals surface area contributed by atoms with Gasteiger partial charge in [0.1, 0.15) is 6.61 Å². The lowest BCUT2D eigenvalue weighted by Crippen LogP contribution is -2.47. The fourth-order valence-electron chi connectivity index (χ4n) is 4.43. The fourth-order valence-corrected chi connectivity index (χ4v) is 4.43. The quantitative estimate of drug-likeness (QED) is 0.729. The van der Waals surface area contributed by atoms with Crippen LogP contribution in [0.3, 0.4) is 0 Å². The topological polar surface area (TPSA) is 68.6 Å². The van der Waals surface area contributed by atoms with Crippen LogP contribution in [0, 0.1) is 17.2 Å². The van der Waals surface area contributed by atoms with Crippen LogP contribution in [-0.4, -0.2) is 62.8 Å². The third-order valence-electron chi connectivity index (χ3n) is 6.22. The van der Waals surface area contributed by atoms with E-state index in [9.17, 15) is 4.79 Å². The van der Waals surface area contributed by atoms with Gasteiger partial charge in [-0.15, -0.1) is 0 Å². The maximum absolute atomic E-state index is 11.8. The summed E-state index contributed by atoms with van der Waals surface area (Å²) in [7, 11) is 0. The Labute approximate surface area is 174 Å². The number of rotatable bonds is 8. The van der Waals surface area contributed by atoms with E-state index in [0.717, 1.165) is 62.7 Å². The predicted octanol–water partition coefficient (Wildman–Crippen LogP) is 2.78. The third-order valence-corrected chi connectivity index (χ3v) is 6.22. The van der Waals surface area contributed by atoms with E-state index in [-0.39, 0.29) is 12.5 Å². The zero-order valence-corrected chi connectivity index (χ0v) is 17.6. The van der Waals surface area contributed by atoms with Gasteiger partial charge in [0.05, 0.1) is 11.6 Å². The number of amides is 1. The van der Waals surface area contributed by atoms with Crippen molar-refractivity contribution in [2.45, 2.75) is 45.1 Å². The molecule has 0 radical (unpaired) electrons. The van der Waals surface area contributed by atoms with Crippen LogP contribution in [-0.2, 0) is 9.53 Å². The van der Waals surface area contributed by atoms with Gasteiger partial charge in [-0.3, -0.25) is 9.69 Å². The molecule has 1 N–H and O–H groups in total. The Morgan fingerprint density at radius 2 is 1.97 bits per heavy atom. The predicted molar refractivity (Wildman–Crippen MR) is 115 cm³/mol. The maximum atomic E-state index is 11.8. The Kier molecular flexibility index (Phi) is 8.33. The molecular weight excluding hydrogens is 364 g/mol. The van der Waals surface area contributed by atoms with Crippen LogP contribution >= 0.6 is 0 Å². The summed E-state index contributed by atoms with van der Waals surface area (Å²) in [6.45, 7) is 8.05. The Hall–Kier alpha value is -2.10. The molecule has 1 heterocycles. The molecule has 1 saturated heterocycles. The van der Waals surface area contributed by atoms with E-state index in [1.54, 1.807) is 0 Å². The Bertz CT molecular complexity index is 686. The number of anilines is 1. The minimum absolute atomic E-state index is 0.0217. The SMILES string of the molecule is CCOCC(=O)NC1CCC(CCN2CCN(c3cccc(C#N)c3)CC2)CC1. The highest BCUT2D eigenvalue weighted by Crippen LogP contribution is 2.27. The molecule has 0 unspecified atom stereocenters. The van der Waals surface area contributed by atoms with E-state index in [2.05, 4.69) is 27.3 Å². The van der Waals surface area contributed by atoms with Crippen molar-refractivity contribution < 1.29 is 9.53 Å². The van der Waals surface area contributed by atoms with Crippen LogP contribution in [0.2, 0.25) is 0 Å². The van der Waals surface area contributed by atoms with Crippen LogP contribution in [0.15, 0.2) is 24.3 Å².